The molecule has 0 aliphatic heterocycles. The lowest BCUT2D eigenvalue weighted by molar-refractivity contribution is 0.0684. The smallest absolute Gasteiger partial charge is 0.289 e. The lowest BCUT2D eigenvalue weighted by Crippen LogP contribution is -2.36. The molecule has 0 atom stereocenters. The molecule has 1 heterocycles. The molecule has 0 bridgehead atoms. The van der Waals surface area contributed by atoms with Crippen molar-refractivity contribution in [3.8, 4) is 0 Å². The minimum atomic E-state index is -0.0394. The van der Waals surface area contributed by atoms with Gasteiger partial charge in [-0.05, 0) is 32.9 Å². The highest BCUT2D eigenvalue weighted by Gasteiger charge is 2.18. The summed E-state index contributed by atoms with van der Waals surface area (Å²) in [6.07, 6.45) is 1.52. The summed E-state index contributed by atoms with van der Waals surface area (Å²) in [6, 6.07) is 3.62. The topological polar surface area (TPSA) is 33.5 Å². The van der Waals surface area contributed by atoms with Gasteiger partial charge < -0.3 is 9.32 Å². The van der Waals surface area contributed by atoms with Gasteiger partial charge in [-0.1, -0.05) is 0 Å². The first kappa shape index (κ1) is 9.84. The zero-order valence-corrected chi connectivity index (χ0v) is 8.28. The minimum Gasteiger partial charge on any atom is -0.459 e. The monoisotopic (exact) mass is 181 g/mol. The maximum Gasteiger partial charge on any atom is 0.289 e. The van der Waals surface area contributed by atoms with Crippen molar-refractivity contribution in [2.75, 3.05) is 6.54 Å². The molecule has 1 rings (SSSR count). The van der Waals surface area contributed by atoms with E-state index in [1.165, 1.54) is 6.26 Å². The first-order valence-electron chi connectivity index (χ1n) is 4.51. The van der Waals surface area contributed by atoms with Crippen molar-refractivity contribution in [2.45, 2.75) is 26.8 Å². The number of rotatable bonds is 3. The second-order valence-electron chi connectivity index (χ2n) is 3.16. The zero-order valence-electron chi connectivity index (χ0n) is 8.28. The first-order chi connectivity index (χ1) is 6.16. The van der Waals surface area contributed by atoms with Crippen molar-refractivity contribution in [1.29, 1.82) is 0 Å². The Hall–Kier alpha value is -1.25. The summed E-state index contributed by atoms with van der Waals surface area (Å²) in [5.41, 5.74) is 0. The average Bonchev–Trinajstić information content (AvgIpc) is 2.56. The van der Waals surface area contributed by atoms with Crippen LogP contribution in [0.2, 0.25) is 0 Å². The van der Waals surface area contributed by atoms with E-state index < -0.39 is 0 Å². The van der Waals surface area contributed by atoms with Crippen LogP contribution in [0.4, 0.5) is 0 Å². The van der Waals surface area contributed by atoms with Gasteiger partial charge in [-0.2, -0.15) is 0 Å². The minimum absolute atomic E-state index is 0.0394. The highest BCUT2D eigenvalue weighted by molar-refractivity contribution is 5.91. The predicted molar refractivity (Wildman–Crippen MR) is 50.6 cm³/mol. The Bertz CT molecular complexity index is 264. The van der Waals surface area contributed by atoms with E-state index in [1.807, 2.05) is 20.8 Å². The maximum absolute atomic E-state index is 11.7. The molecule has 0 fully saturated rings. The van der Waals surface area contributed by atoms with Crippen LogP contribution in [0.3, 0.4) is 0 Å². The van der Waals surface area contributed by atoms with Gasteiger partial charge in [-0.15, -0.1) is 0 Å². The summed E-state index contributed by atoms with van der Waals surface area (Å²) in [5.74, 6) is 0.373. The van der Waals surface area contributed by atoms with Crippen molar-refractivity contribution in [3.63, 3.8) is 0 Å². The fourth-order valence-electron chi connectivity index (χ4n) is 1.29. The fraction of sp³-hybridized carbons (Fsp3) is 0.500. The lowest BCUT2D eigenvalue weighted by Gasteiger charge is -2.23. The number of furan rings is 1. The SMILES string of the molecule is CCN(C(=O)c1ccco1)C(C)C. The lowest BCUT2D eigenvalue weighted by atomic mass is 10.3. The summed E-state index contributed by atoms with van der Waals surface area (Å²) in [4.78, 5) is 13.5. The van der Waals surface area contributed by atoms with Crippen LogP contribution in [0, 0.1) is 0 Å². The molecule has 0 unspecified atom stereocenters. The van der Waals surface area contributed by atoms with E-state index in [4.69, 9.17) is 4.42 Å². The van der Waals surface area contributed by atoms with Gasteiger partial charge in [0.2, 0.25) is 0 Å². The third-order valence-electron chi connectivity index (χ3n) is 1.96. The number of nitrogens with zero attached hydrogens (tertiary/aromatic N) is 1. The van der Waals surface area contributed by atoms with Crippen LogP contribution >= 0.6 is 0 Å². The summed E-state index contributed by atoms with van der Waals surface area (Å²) in [5, 5.41) is 0. The number of carbonyl (C=O) groups is 1. The number of amides is 1. The molecule has 0 saturated heterocycles. The Labute approximate surface area is 78.3 Å². The van der Waals surface area contributed by atoms with Gasteiger partial charge in [0.25, 0.3) is 5.91 Å². The first-order valence-corrected chi connectivity index (χ1v) is 4.51. The molecule has 3 nitrogen and oxygen atoms in total. The Morgan fingerprint density at radius 1 is 1.62 bits per heavy atom. The molecule has 0 spiro atoms. The van der Waals surface area contributed by atoms with Gasteiger partial charge in [0.15, 0.2) is 5.76 Å². The molecule has 0 aromatic carbocycles. The van der Waals surface area contributed by atoms with Crippen LogP contribution in [0.15, 0.2) is 22.8 Å². The van der Waals surface area contributed by atoms with E-state index in [9.17, 15) is 4.79 Å². The molecule has 0 saturated carbocycles. The van der Waals surface area contributed by atoms with Gasteiger partial charge in [0, 0.05) is 12.6 Å². The molecule has 0 aliphatic rings. The largest absolute Gasteiger partial charge is 0.459 e. The molecule has 72 valence electrons. The Morgan fingerprint density at radius 2 is 2.31 bits per heavy atom. The van der Waals surface area contributed by atoms with Crippen molar-refractivity contribution in [3.05, 3.63) is 24.2 Å². The van der Waals surface area contributed by atoms with Gasteiger partial charge in [-0.3, -0.25) is 4.79 Å². The molecule has 13 heavy (non-hydrogen) atoms. The fourth-order valence-corrected chi connectivity index (χ4v) is 1.29. The van der Waals surface area contributed by atoms with E-state index in [2.05, 4.69) is 0 Å². The van der Waals surface area contributed by atoms with Crippen molar-refractivity contribution in [2.24, 2.45) is 0 Å². The van der Waals surface area contributed by atoms with Crippen LogP contribution < -0.4 is 0 Å². The van der Waals surface area contributed by atoms with E-state index in [1.54, 1.807) is 17.0 Å². The van der Waals surface area contributed by atoms with Crippen molar-refractivity contribution >= 4 is 5.91 Å². The highest BCUT2D eigenvalue weighted by Crippen LogP contribution is 2.08. The third kappa shape index (κ3) is 2.11. The van der Waals surface area contributed by atoms with Crippen LogP contribution in [-0.2, 0) is 0 Å². The molecule has 0 radical (unpaired) electrons. The van der Waals surface area contributed by atoms with E-state index >= 15 is 0 Å². The normalized spacial score (nSPS) is 10.5. The quantitative estimate of drug-likeness (QED) is 0.715. The second-order valence-corrected chi connectivity index (χ2v) is 3.16. The van der Waals surface area contributed by atoms with Crippen LogP contribution in [0.1, 0.15) is 31.3 Å². The number of hydrogen-bond donors (Lipinski definition) is 0. The predicted octanol–water partition coefficient (Wildman–Crippen LogP) is 2.15. The van der Waals surface area contributed by atoms with E-state index in [0.717, 1.165) is 0 Å². The average molecular weight is 181 g/mol. The van der Waals surface area contributed by atoms with Crippen LogP contribution in [-0.4, -0.2) is 23.4 Å². The van der Waals surface area contributed by atoms with E-state index in [0.29, 0.717) is 12.3 Å². The van der Waals surface area contributed by atoms with Crippen molar-refractivity contribution < 1.29 is 9.21 Å². The Morgan fingerprint density at radius 3 is 2.69 bits per heavy atom. The molecule has 1 amide bonds. The summed E-state index contributed by atoms with van der Waals surface area (Å²) in [6.45, 7) is 6.65. The molecule has 0 N–H and O–H groups in total. The number of hydrogen-bond acceptors (Lipinski definition) is 2. The standard InChI is InChI=1S/C10H15NO2/c1-4-11(8(2)3)10(12)9-6-5-7-13-9/h5-8H,4H2,1-3H3. The molecular formula is C10H15NO2. The third-order valence-corrected chi connectivity index (χ3v) is 1.96. The van der Waals surface area contributed by atoms with Crippen LogP contribution in [0.25, 0.3) is 0 Å². The number of carbonyl (C=O) groups excluding carboxylic acids is 1. The molecule has 1 aromatic rings. The van der Waals surface area contributed by atoms with Gasteiger partial charge in [-0.25, -0.2) is 0 Å². The Balaban J connectivity index is 2.77. The van der Waals surface area contributed by atoms with E-state index in [-0.39, 0.29) is 11.9 Å². The molecular weight excluding hydrogens is 166 g/mol. The Kier molecular flexibility index (Phi) is 3.12. The van der Waals surface area contributed by atoms with Crippen molar-refractivity contribution in [1.82, 2.24) is 4.90 Å². The molecule has 1 aromatic heterocycles. The van der Waals surface area contributed by atoms with Gasteiger partial charge in [0.05, 0.1) is 6.26 Å². The summed E-state index contributed by atoms with van der Waals surface area (Å²) in [7, 11) is 0. The van der Waals surface area contributed by atoms with Gasteiger partial charge >= 0.3 is 0 Å². The van der Waals surface area contributed by atoms with Gasteiger partial charge in [0.1, 0.15) is 0 Å². The summed E-state index contributed by atoms with van der Waals surface area (Å²) < 4.78 is 5.04. The highest BCUT2D eigenvalue weighted by atomic mass is 16.3. The zero-order chi connectivity index (χ0) is 9.84. The molecule has 3 heteroatoms. The second kappa shape index (κ2) is 4.12. The molecule has 0 aliphatic carbocycles. The summed E-state index contributed by atoms with van der Waals surface area (Å²) >= 11 is 0. The van der Waals surface area contributed by atoms with Crippen LogP contribution in [0.5, 0.6) is 0 Å². The maximum atomic E-state index is 11.7.